The Morgan fingerprint density at radius 1 is 1.00 bits per heavy atom. The van der Waals surface area contributed by atoms with Crippen LogP contribution in [0.4, 0.5) is 4.39 Å². The van der Waals surface area contributed by atoms with Gasteiger partial charge in [0.25, 0.3) is 5.91 Å². The number of amides is 1. The van der Waals surface area contributed by atoms with Crippen molar-refractivity contribution < 1.29 is 13.9 Å². The molecule has 0 aliphatic carbocycles. The predicted molar refractivity (Wildman–Crippen MR) is 101 cm³/mol. The van der Waals surface area contributed by atoms with Gasteiger partial charge in [0.2, 0.25) is 11.8 Å². The Bertz CT molecular complexity index is 899. The number of rotatable bonds is 8. The third kappa shape index (κ3) is 5.36. The number of primary amides is 1. The first kappa shape index (κ1) is 18.5. The van der Waals surface area contributed by atoms with Crippen LogP contribution in [0.3, 0.4) is 0 Å². The average molecular weight is 365 g/mol. The molecule has 0 bridgehead atoms. The maximum absolute atomic E-state index is 13.7. The van der Waals surface area contributed by atoms with Crippen molar-refractivity contribution in [2.45, 2.75) is 13.0 Å². The molecule has 3 rings (SSSR count). The summed E-state index contributed by atoms with van der Waals surface area (Å²) in [7, 11) is 0. The lowest BCUT2D eigenvalue weighted by atomic mass is 10.1. The fourth-order valence-electron chi connectivity index (χ4n) is 2.56. The largest absolute Gasteiger partial charge is 0.439 e. The molecule has 0 saturated carbocycles. The van der Waals surface area contributed by atoms with Crippen LogP contribution < -0.4 is 15.8 Å². The van der Waals surface area contributed by atoms with E-state index >= 15 is 0 Å². The molecule has 0 spiro atoms. The van der Waals surface area contributed by atoms with Crippen LogP contribution in [0.5, 0.6) is 11.6 Å². The molecule has 0 aliphatic heterocycles. The van der Waals surface area contributed by atoms with Gasteiger partial charge in [0.15, 0.2) is 0 Å². The van der Waals surface area contributed by atoms with Crippen LogP contribution in [-0.2, 0) is 13.0 Å². The summed E-state index contributed by atoms with van der Waals surface area (Å²) in [6, 6.07) is 20.4. The van der Waals surface area contributed by atoms with E-state index in [0.29, 0.717) is 5.75 Å². The van der Waals surface area contributed by atoms with E-state index in [1.807, 2.05) is 30.3 Å². The topological polar surface area (TPSA) is 77.2 Å². The SMILES string of the molecule is NC(=O)c1ccc(Oc2ccc(CCNCc3ccccc3)cc2)nc1F. The van der Waals surface area contributed by atoms with Crippen LogP contribution in [0, 0.1) is 5.95 Å². The third-order valence-electron chi connectivity index (χ3n) is 4.00. The molecule has 0 atom stereocenters. The minimum atomic E-state index is -0.943. The van der Waals surface area contributed by atoms with Crippen LogP contribution in [0.2, 0.25) is 0 Å². The smallest absolute Gasteiger partial charge is 0.253 e. The molecule has 6 heteroatoms. The first-order valence-corrected chi connectivity index (χ1v) is 8.59. The van der Waals surface area contributed by atoms with Crippen molar-refractivity contribution in [3.63, 3.8) is 0 Å². The van der Waals surface area contributed by atoms with Crippen LogP contribution >= 0.6 is 0 Å². The molecule has 0 unspecified atom stereocenters. The number of carbonyl (C=O) groups excluding carboxylic acids is 1. The van der Waals surface area contributed by atoms with Gasteiger partial charge in [0, 0.05) is 12.6 Å². The predicted octanol–water partition coefficient (Wildman–Crippen LogP) is 3.44. The van der Waals surface area contributed by atoms with Gasteiger partial charge < -0.3 is 15.8 Å². The van der Waals surface area contributed by atoms with Gasteiger partial charge in [-0.1, -0.05) is 42.5 Å². The highest BCUT2D eigenvalue weighted by Crippen LogP contribution is 2.21. The fraction of sp³-hybridized carbons (Fsp3) is 0.143. The summed E-state index contributed by atoms with van der Waals surface area (Å²) in [5.74, 6) is -1.21. The summed E-state index contributed by atoms with van der Waals surface area (Å²) in [5, 5.41) is 3.40. The zero-order chi connectivity index (χ0) is 19.1. The standard InChI is InChI=1S/C21H20FN3O2/c22-20-18(21(23)26)10-11-19(25-20)27-17-8-6-15(7-9-17)12-13-24-14-16-4-2-1-3-5-16/h1-11,24H,12-14H2,(H2,23,26). The Hall–Kier alpha value is -3.25. The first-order chi connectivity index (χ1) is 13.1. The van der Waals surface area contributed by atoms with Crippen LogP contribution in [-0.4, -0.2) is 17.4 Å². The second kappa shape index (κ2) is 8.91. The van der Waals surface area contributed by atoms with E-state index in [4.69, 9.17) is 10.5 Å². The second-order valence-electron chi connectivity index (χ2n) is 6.01. The molecule has 1 aromatic heterocycles. The van der Waals surface area contributed by atoms with Gasteiger partial charge in [0.1, 0.15) is 5.75 Å². The van der Waals surface area contributed by atoms with Gasteiger partial charge in [-0.05, 0) is 42.3 Å². The van der Waals surface area contributed by atoms with Crippen molar-refractivity contribution >= 4 is 5.91 Å². The van der Waals surface area contributed by atoms with Crippen molar-refractivity contribution in [2.24, 2.45) is 5.73 Å². The number of hydrogen-bond acceptors (Lipinski definition) is 4. The Labute approximate surface area is 157 Å². The number of hydrogen-bond donors (Lipinski definition) is 2. The number of halogens is 1. The maximum Gasteiger partial charge on any atom is 0.253 e. The van der Waals surface area contributed by atoms with Crippen molar-refractivity contribution in [1.29, 1.82) is 0 Å². The van der Waals surface area contributed by atoms with Gasteiger partial charge in [-0.3, -0.25) is 4.79 Å². The Morgan fingerprint density at radius 2 is 1.74 bits per heavy atom. The van der Waals surface area contributed by atoms with Gasteiger partial charge in [-0.2, -0.15) is 9.37 Å². The minimum Gasteiger partial charge on any atom is -0.439 e. The quantitative estimate of drug-likeness (QED) is 0.473. The average Bonchev–Trinajstić information content (AvgIpc) is 2.67. The number of ether oxygens (including phenoxy) is 1. The normalized spacial score (nSPS) is 10.6. The highest BCUT2D eigenvalue weighted by Gasteiger charge is 2.11. The highest BCUT2D eigenvalue weighted by molar-refractivity contribution is 5.92. The van der Waals surface area contributed by atoms with E-state index in [-0.39, 0.29) is 11.4 Å². The van der Waals surface area contributed by atoms with Crippen molar-refractivity contribution in [3.05, 3.63) is 89.4 Å². The van der Waals surface area contributed by atoms with Crippen molar-refractivity contribution in [2.75, 3.05) is 6.54 Å². The molecule has 0 fully saturated rings. The van der Waals surface area contributed by atoms with Crippen LogP contribution in [0.1, 0.15) is 21.5 Å². The molecule has 3 aromatic rings. The number of benzene rings is 2. The van der Waals surface area contributed by atoms with E-state index in [9.17, 15) is 9.18 Å². The van der Waals surface area contributed by atoms with Gasteiger partial charge >= 0.3 is 0 Å². The molecule has 0 aliphatic rings. The van der Waals surface area contributed by atoms with E-state index in [0.717, 1.165) is 25.1 Å². The number of nitrogens with one attached hydrogen (secondary N) is 1. The number of pyridine rings is 1. The Balaban J connectivity index is 1.50. The molecule has 1 amide bonds. The number of nitrogens with two attached hydrogens (primary N) is 1. The van der Waals surface area contributed by atoms with Crippen LogP contribution in [0.15, 0.2) is 66.7 Å². The summed E-state index contributed by atoms with van der Waals surface area (Å²) in [6.07, 6.45) is 0.882. The Morgan fingerprint density at radius 3 is 2.41 bits per heavy atom. The summed E-state index contributed by atoms with van der Waals surface area (Å²) in [6.45, 7) is 1.69. The lowest BCUT2D eigenvalue weighted by Crippen LogP contribution is -2.16. The molecule has 138 valence electrons. The zero-order valence-electron chi connectivity index (χ0n) is 14.7. The number of nitrogens with zero attached hydrogens (tertiary/aromatic N) is 1. The molecular weight excluding hydrogens is 345 g/mol. The lowest BCUT2D eigenvalue weighted by Gasteiger charge is -2.08. The summed E-state index contributed by atoms with van der Waals surface area (Å²) < 4.78 is 19.2. The first-order valence-electron chi connectivity index (χ1n) is 8.59. The summed E-state index contributed by atoms with van der Waals surface area (Å²) >= 11 is 0. The molecule has 2 aromatic carbocycles. The van der Waals surface area contributed by atoms with Gasteiger partial charge in [0.05, 0.1) is 5.56 Å². The van der Waals surface area contributed by atoms with E-state index < -0.39 is 11.9 Å². The van der Waals surface area contributed by atoms with E-state index in [1.165, 1.54) is 17.7 Å². The van der Waals surface area contributed by atoms with E-state index in [1.54, 1.807) is 12.1 Å². The van der Waals surface area contributed by atoms with Crippen LogP contribution in [0.25, 0.3) is 0 Å². The number of carbonyl (C=O) groups is 1. The Kier molecular flexibility index (Phi) is 6.12. The second-order valence-corrected chi connectivity index (χ2v) is 6.01. The molecule has 5 nitrogen and oxygen atoms in total. The number of aromatic nitrogens is 1. The maximum atomic E-state index is 13.7. The highest BCUT2D eigenvalue weighted by atomic mass is 19.1. The molecule has 3 N–H and O–H groups in total. The van der Waals surface area contributed by atoms with Gasteiger partial charge in [-0.15, -0.1) is 0 Å². The minimum absolute atomic E-state index is 0.0646. The molecule has 27 heavy (non-hydrogen) atoms. The molecule has 0 saturated heterocycles. The fourth-order valence-corrected chi connectivity index (χ4v) is 2.56. The third-order valence-corrected chi connectivity index (χ3v) is 4.00. The van der Waals surface area contributed by atoms with E-state index in [2.05, 4.69) is 22.4 Å². The van der Waals surface area contributed by atoms with Crippen molar-refractivity contribution in [1.82, 2.24) is 10.3 Å². The molecule has 0 radical (unpaired) electrons. The molecular formula is C21H20FN3O2. The molecule has 1 heterocycles. The summed E-state index contributed by atoms with van der Waals surface area (Å²) in [5.41, 5.74) is 7.20. The summed E-state index contributed by atoms with van der Waals surface area (Å²) in [4.78, 5) is 14.6. The monoisotopic (exact) mass is 365 g/mol. The lowest BCUT2D eigenvalue weighted by molar-refractivity contribution is 0.0995. The van der Waals surface area contributed by atoms with Gasteiger partial charge in [-0.25, -0.2) is 0 Å². The zero-order valence-corrected chi connectivity index (χ0v) is 14.7. The van der Waals surface area contributed by atoms with Crippen molar-refractivity contribution in [3.8, 4) is 11.6 Å².